The fourth-order valence-electron chi connectivity index (χ4n) is 3.81. The van der Waals surface area contributed by atoms with Gasteiger partial charge in [-0.15, -0.1) is 0 Å². The van der Waals surface area contributed by atoms with Crippen molar-refractivity contribution >= 4 is 40.9 Å². The summed E-state index contributed by atoms with van der Waals surface area (Å²) < 4.78 is 2.20. The van der Waals surface area contributed by atoms with Crippen molar-refractivity contribution in [2.45, 2.75) is 47.1 Å². The van der Waals surface area contributed by atoms with Crippen LogP contribution in [-0.2, 0) is 15.1 Å². The third-order valence-corrected chi connectivity index (χ3v) is 5.18. The lowest BCUT2D eigenvalue weighted by atomic mass is 10.1. The van der Waals surface area contributed by atoms with E-state index >= 15 is 0 Å². The largest absolute Gasteiger partial charge is 0.343 e. The van der Waals surface area contributed by atoms with Gasteiger partial charge in [-0.2, -0.15) is 0 Å². The number of aryl methyl sites for hydroxylation is 2. The number of carbonyl (C=O) groups excluding carboxylic acids is 2. The third-order valence-electron chi connectivity index (χ3n) is 4.90. The van der Waals surface area contributed by atoms with E-state index in [1.807, 2.05) is 51.1 Å². The third kappa shape index (κ3) is 3.40. The number of nitrogens with zero attached hydrogens (tertiary/aromatic N) is 2. The molecule has 146 valence electrons. The van der Waals surface area contributed by atoms with Crippen molar-refractivity contribution in [3.8, 4) is 0 Å². The number of thiocarbonyl (C=S) groups is 1. The van der Waals surface area contributed by atoms with Gasteiger partial charge in [-0.05, 0) is 83.1 Å². The molecule has 1 aromatic heterocycles. The van der Waals surface area contributed by atoms with E-state index in [1.165, 1.54) is 4.90 Å². The molecule has 1 aliphatic heterocycles. The monoisotopic (exact) mass is 395 g/mol. The van der Waals surface area contributed by atoms with E-state index in [2.05, 4.69) is 30.7 Å². The van der Waals surface area contributed by atoms with Gasteiger partial charge in [0, 0.05) is 16.9 Å². The van der Waals surface area contributed by atoms with Gasteiger partial charge in [-0.3, -0.25) is 19.8 Å². The molecule has 1 N–H and O–H groups in total. The zero-order chi connectivity index (χ0) is 20.8. The van der Waals surface area contributed by atoms with Gasteiger partial charge in [-0.1, -0.05) is 18.2 Å². The summed E-state index contributed by atoms with van der Waals surface area (Å²) in [5.74, 6) is -0.885. The van der Waals surface area contributed by atoms with Gasteiger partial charge in [0.2, 0.25) is 0 Å². The van der Waals surface area contributed by atoms with Crippen LogP contribution in [-0.4, -0.2) is 21.5 Å². The fraction of sp³-hybridized carbons (Fsp3) is 0.318. The van der Waals surface area contributed by atoms with Gasteiger partial charge in [0.15, 0.2) is 5.11 Å². The average Bonchev–Trinajstić information content (AvgIpc) is 2.86. The first-order valence-corrected chi connectivity index (χ1v) is 9.59. The molecule has 0 radical (unpaired) electrons. The van der Waals surface area contributed by atoms with Crippen LogP contribution in [0.15, 0.2) is 35.9 Å². The molecule has 0 bridgehead atoms. The summed E-state index contributed by atoms with van der Waals surface area (Å²) in [6.07, 6.45) is 1.66. The topological polar surface area (TPSA) is 54.3 Å². The van der Waals surface area contributed by atoms with Crippen molar-refractivity contribution in [3.05, 3.63) is 58.4 Å². The second-order valence-corrected chi connectivity index (χ2v) is 8.46. The minimum absolute atomic E-state index is 0.0750. The van der Waals surface area contributed by atoms with Crippen LogP contribution in [0.4, 0.5) is 5.69 Å². The summed E-state index contributed by atoms with van der Waals surface area (Å²) in [5, 5.41) is 2.75. The van der Waals surface area contributed by atoms with Crippen LogP contribution >= 0.6 is 12.2 Å². The van der Waals surface area contributed by atoms with Crippen molar-refractivity contribution in [1.82, 2.24) is 9.88 Å². The molecule has 1 aliphatic rings. The van der Waals surface area contributed by atoms with Crippen molar-refractivity contribution in [2.24, 2.45) is 0 Å². The van der Waals surface area contributed by atoms with Crippen molar-refractivity contribution < 1.29 is 9.59 Å². The van der Waals surface area contributed by atoms with Gasteiger partial charge < -0.3 is 4.57 Å². The molecule has 1 fully saturated rings. The molecule has 0 atom stereocenters. The summed E-state index contributed by atoms with van der Waals surface area (Å²) in [6, 6.07) is 9.46. The Hall–Kier alpha value is -2.73. The molecule has 28 heavy (non-hydrogen) atoms. The lowest BCUT2D eigenvalue weighted by Gasteiger charge is -2.30. The number of amides is 2. The average molecular weight is 396 g/mol. The van der Waals surface area contributed by atoms with E-state index in [0.717, 1.165) is 22.5 Å². The van der Waals surface area contributed by atoms with E-state index < -0.39 is 11.8 Å². The number of aromatic nitrogens is 1. The Kier molecular flexibility index (Phi) is 5.02. The Morgan fingerprint density at radius 2 is 1.71 bits per heavy atom. The first-order valence-electron chi connectivity index (χ1n) is 9.19. The van der Waals surface area contributed by atoms with Gasteiger partial charge >= 0.3 is 0 Å². The highest BCUT2D eigenvalue weighted by atomic mass is 32.1. The molecule has 0 spiro atoms. The summed E-state index contributed by atoms with van der Waals surface area (Å²) in [6.45, 7) is 12.3. The van der Waals surface area contributed by atoms with E-state index in [-0.39, 0.29) is 16.2 Å². The molecule has 3 rings (SSSR count). The van der Waals surface area contributed by atoms with Crippen LogP contribution in [0.2, 0.25) is 0 Å². The summed E-state index contributed by atoms with van der Waals surface area (Å²) in [7, 11) is 0. The molecular weight excluding hydrogens is 370 g/mol. The standard InChI is InChI=1S/C22H25N3O2S/c1-13-9-7-8-10-18(13)24-20(27)17(19(26)23-21(24)28)12-16-11-14(2)25(15(16)3)22(4,5)6/h7-12H,1-6H3,(H,23,26,28)/b17-12+. The summed E-state index contributed by atoms with van der Waals surface area (Å²) in [4.78, 5) is 27.2. The number of nitrogens with one attached hydrogen (secondary N) is 1. The van der Waals surface area contributed by atoms with Crippen LogP contribution in [0, 0.1) is 20.8 Å². The van der Waals surface area contributed by atoms with E-state index in [0.29, 0.717) is 5.69 Å². The van der Waals surface area contributed by atoms with Crippen LogP contribution in [0.3, 0.4) is 0 Å². The number of rotatable bonds is 2. The predicted octanol–water partition coefficient (Wildman–Crippen LogP) is 4.00. The maximum atomic E-state index is 13.2. The Morgan fingerprint density at radius 1 is 1.07 bits per heavy atom. The molecule has 2 heterocycles. The second-order valence-electron chi connectivity index (χ2n) is 8.08. The normalized spacial score (nSPS) is 16.7. The zero-order valence-corrected chi connectivity index (χ0v) is 17.9. The van der Waals surface area contributed by atoms with Gasteiger partial charge in [0.1, 0.15) is 5.57 Å². The van der Waals surface area contributed by atoms with Gasteiger partial charge in [0.25, 0.3) is 11.8 Å². The number of hydrogen-bond acceptors (Lipinski definition) is 3. The van der Waals surface area contributed by atoms with Crippen LogP contribution in [0.5, 0.6) is 0 Å². The van der Waals surface area contributed by atoms with Crippen molar-refractivity contribution in [3.63, 3.8) is 0 Å². The molecular formula is C22H25N3O2S. The minimum Gasteiger partial charge on any atom is -0.343 e. The molecule has 0 saturated carbocycles. The van der Waals surface area contributed by atoms with E-state index in [9.17, 15) is 9.59 Å². The number of carbonyl (C=O) groups is 2. The number of benzene rings is 1. The Balaban J connectivity index is 2.09. The molecule has 0 unspecified atom stereocenters. The van der Waals surface area contributed by atoms with E-state index in [1.54, 1.807) is 6.08 Å². The Labute approximate surface area is 171 Å². The first-order chi connectivity index (χ1) is 13.0. The van der Waals surface area contributed by atoms with Gasteiger partial charge in [-0.25, -0.2) is 0 Å². The molecule has 5 nitrogen and oxygen atoms in total. The summed E-state index contributed by atoms with van der Waals surface area (Å²) >= 11 is 5.28. The SMILES string of the molecule is Cc1ccccc1N1C(=O)/C(=C/c2cc(C)n(C(C)(C)C)c2C)C(=O)NC1=S. The lowest BCUT2D eigenvalue weighted by molar-refractivity contribution is -0.122. The Morgan fingerprint density at radius 3 is 2.29 bits per heavy atom. The smallest absolute Gasteiger partial charge is 0.270 e. The predicted molar refractivity (Wildman–Crippen MR) is 116 cm³/mol. The molecule has 1 saturated heterocycles. The summed E-state index contributed by atoms with van der Waals surface area (Å²) in [5.41, 5.74) is 4.48. The van der Waals surface area contributed by atoms with Crippen molar-refractivity contribution in [2.75, 3.05) is 4.90 Å². The van der Waals surface area contributed by atoms with Gasteiger partial charge in [0.05, 0.1) is 5.69 Å². The first kappa shape index (κ1) is 20.0. The van der Waals surface area contributed by atoms with Crippen LogP contribution in [0.25, 0.3) is 6.08 Å². The number of hydrogen-bond donors (Lipinski definition) is 1. The highest BCUT2D eigenvalue weighted by molar-refractivity contribution is 7.80. The fourth-order valence-corrected chi connectivity index (χ4v) is 4.09. The molecule has 2 aromatic rings. The highest BCUT2D eigenvalue weighted by Gasteiger charge is 2.35. The highest BCUT2D eigenvalue weighted by Crippen LogP contribution is 2.28. The molecule has 0 aliphatic carbocycles. The maximum absolute atomic E-state index is 13.2. The Bertz CT molecular complexity index is 1020. The van der Waals surface area contributed by atoms with Crippen LogP contribution in [0.1, 0.15) is 43.3 Å². The number of para-hydroxylation sites is 1. The zero-order valence-electron chi connectivity index (χ0n) is 17.1. The second kappa shape index (κ2) is 7.02. The minimum atomic E-state index is -0.472. The maximum Gasteiger partial charge on any atom is 0.270 e. The lowest BCUT2D eigenvalue weighted by Crippen LogP contribution is -2.54. The van der Waals surface area contributed by atoms with E-state index in [4.69, 9.17) is 12.2 Å². The number of anilines is 1. The quantitative estimate of drug-likeness (QED) is 0.475. The van der Waals surface area contributed by atoms with Crippen LogP contribution < -0.4 is 10.2 Å². The van der Waals surface area contributed by atoms with Crippen molar-refractivity contribution in [1.29, 1.82) is 0 Å². The molecule has 1 aromatic carbocycles. The molecule has 6 heteroatoms. The molecule has 2 amide bonds.